The summed E-state index contributed by atoms with van der Waals surface area (Å²) < 4.78 is 18.5. The quantitative estimate of drug-likeness (QED) is 0.563. The Morgan fingerprint density at radius 1 is 1.04 bits per heavy atom. The summed E-state index contributed by atoms with van der Waals surface area (Å²) in [6.07, 6.45) is 2.23. The number of hydrogen-bond donors (Lipinski definition) is 0. The van der Waals surface area contributed by atoms with Gasteiger partial charge in [-0.3, -0.25) is 4.98 Å². The van der Waals surface area contributed by atoms with Gasteiger partial charge in [0, 0.05) is 18.0 Å². The molecule has 0 aliphatic carbocycles. The van der Waals surface area contributed by atoms with E-state index in [1.54, 1.807) is 12.3 Å². The number of rotatable bonds is 4. The van der Waals surface area contributed by atoms with Crippen LogP contribution in [0.4, 0.5) is 4.39 Å². The van der Waals surface area contributed by atoms with E-state index < -0.39 is 0 Å². The molecular formula is C17H11FN4OS. The van der Waals surface area contributed by atoms with Gasteiger partial charge >= 0.3 is 0 Å². The molecule has 0 bridgehead atoms. The van der Waals surface area contributed by atoms with Crippen molar-refractivity contribution in [1.29, 1.82) is 0 Å². The Morgan fingerprint density at radius 2 is 2.00 bits per heavy atom. The molecule has 3 aromatic heterocycles. The lowest BCUT2D eigenvalue weighted by molar-refractivity contribution is 0.431. The van der Waals surface area contributed by atoms with Crippen molar-refractivity contribution in [2.45, 2.75) is 6.42 Å². The highest BCUT2D eigenvalue weighted by Gasteiger charge is 2.14. The lowest BCUT2D eigenvalue weighted by Crippen LogP contribution is -1.89. The molecule has 1 aromatic carbocycles. The summed E-state index contributed by atoms with van der Waals surface area (Å²) in [6.45, 7) is 0. The predicted octanol–water partition coefficient (Wildman–Crippen LogP) is 3.99. The van der Waals surface area contributed by atoms with Crippen LogP contribution in [0.2, 0.25) is 0 Å². The van der Waals surface area contributed by atoms with Gasteiger partial charge in [-0.2, -0.15) is 4.98 Å². The second-order valence-corrected chi connectivity index (χ2v) is 6.01. The Hall–Kier alpha value is -2.93. The molecule has 0 N–H and O–H groups in total. The zero-order valence-corrected chi connectivity index (χ0v) is 13.2. The molecule has 4 rings (SSSR count). The van der Waals surface area contributed by atoms with Crippen molar-refractivity contribution in [1.82, 2.24) is 20.1 Å². The SMILES string of the molecule is Fc1cccc(Cc2nc(-c3nc(-c4ccccn4)no3)cs2)c1. The Morgan fingerprint density at radius 3 is 2.83 bits per heavy atom. The van der Waals surface area contributed by atoms with E-state index in [1.165, 1.54) is 23.5 Å². The van der Waals surface area contributed by atoms with Crippen LogP contribution in [-0.2, 0) is 6.42 Å². The molecule has 3 heterocycles. The van der Waals surface area contributed by atoms with Gasteiger partial charge in [-0.25, -0.2) is 9.37 Å². The molecule has 0 radical (unpaired) electrons. The third-order valence-electron chi connectivity index (χ3n) is 3.34. The van der Waals surface area contributed by atoms with Crippen molar-refractivity contribution >= 4 is 11.3 Å². The van der Waals surface area contributed by atoms with Gasteiger partial charge in [-0.05, 0) is 29.8 Å². The van der Waals surface area contributed by atoms with Crippen molar-refractivity contribution in [3.05, 3.63) is 70.4 Å². The minimum atomic E-state index is -0.249. The fourth-order valence-electron chi connectivity index (χ4n) is 2.24. The van der Waals surface area contributed by atoms with Crippen molar-refractivity contribution in [2.75, 3.05) is 0 Å². The number of benzene rings is 1. The van der Waals surface area contributed by atoms with Crippen molar-refractivity contribution in [3.8, 4) is 23.1 Å². The summed E-state index contributed by atoms with van der Waals surface area (Å²) in [7, 11) is 0. The van der Waals surface area contributed by atoms with Crippen molar-refractivity contribution in [2.24, 2.45) is 0 Å². The van der Waals surface area contributed by atoms with E-state index >= 15 is 0 Å². The van der Waals surface area contributed by atoms with Crippen LogP contribution in [0.25, 0.3) is 23.1 Å². The molecule has 24 heavy (non-hydrogen) atoms. The maximum Gasteiger partial charge on any atom is 0.277 e. The highest BCUT2D eigenvalue weighted by molar-refractivity contribution is 7.10. The number of aromatic nitrogens is 4. The van der Waals surface area contributed by atoms with E-state index in [0.717, 1.165) is 10.6 Å². The molecule has 118 valence electrons. The van der Waals surface area contributed by atoms with E-state index in [9.17, 15) is 4.39 Å². The van der Waals surface area contributed by atoms with Crippen LogP contribution in [0.1, 0.15) is 10.6 Å². The molecule has 0 spiro atoms. The summed E-state index contributed by atoms with van der Waals surface area (Å²) >= 11 is 1.47. The van der Waals surface area contributed by atoms with E-state index in [1.807, 2.05) is 29.6 Å². The van der Waals surface area contributed by atoms with Gasteiger partial charge < -0.3 is 4.52 Å². The average Bonchev–Trinajstić information content (AvgIpc) is 3.25. The summed E-state index contributed by atoms with van der Waals surface area (Å²) in [6, 6.07) is 12.0. The topological polar surface area (TPSA) is 64.7 Å². The summed E-state index contributed by atoms with van der Waals surface area (Å²) in [5.74, 6) is 0.517. The van der Waals surface area contributed by atoms with Crippen molar-refractivity contribution < 1.29 is 8.91 Å². The van der Waals surface area contributed by atoms with Crippen LogP contribution in [-0.4, -0.2) is 20.1 Å². The molecule has 0 aliphatic heterocycles. The van der Waals surface area contributed by atoms with Crippen LogP contribution >= 0.6 is 11.3 Å². The Bertz CT molecular complexity index is 967. The normalized spacial score (nSPS) is 10.9. The molecule has 0 atom stereocenters. The van der Waals surface area contributed by atoms with Gasteiger partial charge in [0.25, 0.3) is 5.89 Å². The van der Waals surface area contributed by atoms with Crippen LogP contribution in [0.3, 0.4) is 0 Å². The van der Waals surface area contributed by atoms with Gasteiger partial charge in [0.05, 0.1) is 5.01 Å². The summed E-state index contributed by atoms with van der Waals surface area (Å²) in [5, 5.41) is 6.64. The largest absolute Gasteiger partial charge is 0.332 e. The maximum atomic E-state index is 13.2. The second-order valence-electron chi connectivity index (χ2n) is 5.07. The first-order valence-electron chi connectivity index (χ1n) is 7.22. The molecule has 4 aromatic rings. The maximum absolute atomic E-state index is 13.2. The molecule has 7 heteroatoms. The lowest BCUT2D eigenvalue weighted by atomic mass is 10.1. The van der Waals surface area contributed by atoms with E-state index in [2.05, 4.69) is 20.1 Å². The molecule has 0 aliphatic rings. The van der Waals surface area contributed by atoms with Crippen LogP contribution in [0.5, 0.6) is 0 Å². The molecular weight excluding hydrogens is 327 g/mol. The molecule has 0 saturated carbocycles. The first-order chi connectivity index (χ1) is 11.8. The molecule has 0 saturated heterocycles. The van der Waals surface area contributed by atoms with Gasteiger partial charge in [0.2, 0.25) is 5.82 Å². The average molecular weight is 338 g/mol. The van der Waals surface area contributed by atoms with Gasteiger partial charge in [-0.1, -0.05) is 23.4 Å². The number of halogens is 1. The first-order valence-corrected chi connectivity index (χ1v) is 8.10. The highest BCUT2D eigenvalue weighted by atomic mass is 32.1. The fourth-order valence-corrected chi connectivity index (χ4v) is 3.04. The molecule has 0 fully saturated rings. The molecule has 0 unspecified atom stereocenters. The summed E-state index contributed by atoms with van der Waals surface area (Å²) in [4.78, 5) is 13.0. The zero-order chi connectivity index (χ0) is 16.4. The first kappa shape index (κ1) is 14.6. The number of hydrogen-bond acceptors (Lipinski definition) is 6. The van der Waals surface area contributed by atoms with Crippen molar-refractivity contribution in [3.63, 3.8) is 0 Å². The fraction of sp³-hybridized carbons (Fsp3) is 0.0588. The third-order valence-corrected chi connectivity index (χ3v) is 4.18. The minimum Gasteiger partial charge on any atom is -0.332 e. The zero-order valence-electron chi connectivity index (χ0n) is 12.4. The molecule has 5 nitrogen and oxygen atoms in total. The lowest BCUT2D eigenvalue weighted by Gasteiger charge is -1.97. The highest BCUT2D eigenvalue weighted by Crippen LogP contribution is 2.24. The Balaban J connectivity index is 1.56. The standard InChI is InChI=1S/C17H11FN4OS/c18-12-5-3-4-11(8-12)9-15-20-14(10-24-15)17-21-16(22-23-17)13-6-1-2-7-19-13/h1-8,10H,9H2. The van der Waals surface area contributed by atoms with Crippen LogP contribution < -0.4 is 0 Å². The number of pyridine rings is 1. The third kappa shape index (κ3) is 3.07. The monoisotopic (exact) mass is 338 g/mol. The van der Waals surface area contributed by atoms with Crippen LogP contribution in [0, 0.1) is 5.82 Å². The van der Waals surface area contributed by atoms with Gasteiger partial charge in [0.15, 0.2) is 0 Å². The smallest absolute Gasteiger partial charge is 0.277 e. The van der Waals surface area contributed by atoms with E-state index in [4.69, 9.17) is 4.52 Å². The summed E-state index contributed by atoms with van der Waals surface area (Å²) in [5.41, 5.74) is 2.12. The van der Waals surface area contributed by atoms with Crippen LogP contribution in [0.15, 0.2) is 58.6 Å². The Labute approximate surface area is 140 Å². The number of thiazole rings is 1. The predicted molar refractivity (Wildman–Crippen MR) is 87.8 cm³/mol. The second kappa shape index (κ2) is 6.29. The van der Waals surface area contributed by atoms with E-state index in [0.29, 0.717) is 29.5 Å². The number of nitrogens with zero attached hydrogens (tertiary/aromatic N) is 4. The van der Waals surface area contributed by atoms with Gasteiger partial charge in [0.1, 0.15) is 17.2 Å². The van der Waals surface area contributed by atoms with Gasteiger partial charge in [-0.15, -0.1) is 11.3 Å². The minimum absolute atomic E-state index is 0.249. The van der Waals surface area contributed by atoms with E-state index in [-0.39, 0.29) is 5.82 Å². The molecule has 0 amide bonds. The Kier molecular flexibility index (Phi) is 3.84.